The van der Waals surface area contributed by atoms with Crippen LogP contribution in [0.4, 0.5) is 5.69 Å². The van der Waals surface area contributed by atoms with E-state index in [1.807, 2.05) is 56.5 Å². The third-order valence-corrected chi connectivity index (χ3v) is 5.43. The normalized spacial score (nSPS) is 13.6. The number of likely N-dealkylation sites (N-methyl/N-ethyl adjacent to an activating group) is 1. The largest absolute Gasteiger partial charge is 0.387 e. The molecular formula is C26H29N3O2. The Hall–Kier alpha value is -3.44. The molecule has 0 aromatic heterocycles. The van der Waals surface area contributed by atoms with Crippen molar-refractivity contribution in [2.45, 2.75) is 13.3 Å². The maximum Gasteiger partial charge on any atom is 0.150 e. The Bertz CT molecular complexity index is 1080. The minimum Gasteiger partial charge on any atom is -0.387 e. The van der Waals surface area contributed by atoms with E-state index < -0.39 is 0 Å². The highest BCUT2D eigenvalue weighted by Gasteiger charge is 2.11. The average molecular weight is 416 g/mol. The Labute approximate surface area is 184 Å². The molecule has 3 rings (SSSR count). The second-order valence-electron chi connectivity index (χ2n) is 7.64. The molecular weight excluding hydrogens is 386 g/mol. The van der Waals surface area contributed by atoms with Crippen molar-refractivity contribution in [3.8, 4) is 11.1 Å². The van der Waals surface area contributed by atoms with E-state index in [9.17, 15) is 4.79 Å². The van der Waals surface area contributed by atoms with Gasteiger partial charge in [-0.1, -0.05) is 36.9 Å². The quantitative estimate of drug-likeness (QED) is 0.612. The Morgan fingerprint density at radius 1 is 1.23 bits per heavy atom. The SMILES string of the molecule is C=CC1=Cc2ccc(-c3ccc(C=O)c(/C=C(/C)N(C)CCOC)c3)cc2N=C(N)C1. The molecule has 1 heterocycles. The van der Waals surface area contributed by atoms with Gasteiger partial charge in [0.2, 0.25) is 0 Å². The molecule has 2 aromatic carbocycles. The molecule has 5 heteroatoms. The van der Waals surface area contributed by atoms with Crippen LogP contribution in [0.1, 0.15) is 34.8 Å². The lowest BCUT2D eigenvalue weighted by molar-refractivity contribution is 0.112. The van der Waals surface area contributed by atoms with Crippen LogP contribution in [0.3, 0.4) is 0 Å². The van der Waals surface area contributed by atoms with Gasteiger partial charge in [0.15, 0.2) is 6.29 Å². The number of benzene rings is 2. The number of nitrogens with two attached hydrogens (primary N) is 1. The Morgan fingerprint density at radius 2 is 1.97 bits per heavy atom. The van der Waals surface area contributed by atoms with Gasteiger partial charge in [0.25, 0.3) is 0 Å². The third kappa shape index (κ3) is 5.38. The van der Waals surface area contributed by atoms with E-state index in [1.54, 1.807) is 7.11 Å². The topological polar surface area (TPSA) is 67.9 Å². The molecule has 160 valence electrons. The Morgan fingerprint density at radius 3 is 2.68 bits per heavy atom. The summed E-state index contributed by atoms with van der Waals surface area (Å²) in [5.74, 6) is 0.566. The van der Waals surface area contributed by atoms with Crippen LogP contribution in [-0.2, 0) is 4.74 Å². The summed E-state index contributed by atoms with van der Waals surface area (Å²) >= 11 is 0. The number of hydrogen-bond donors (Lipinski definition) is 1. The number of methoxy groups -OCH3 is 1. The lowest BCUT2D eigenvalue weighted by Crippen LogP contribution is -2.20. The maximum atomic E-state index is 11.6. The zero-order valence-electron chi connectivity index (χ0n) is 18.4. The van der Waals surface area contributed by atoms with Crippen molar-refractivity contribution in [1.82, 2.24) is 4.90 Å². The highest BCUT2D eigenvalue weighted by Crippen LogP contribution is 2.32. The van der Waals surface area contributed by atoms with Crippen molar-refractivity contribution in [3.63, 3.8) is 0 Å². The molecule has 2 aromatic rings. The zero-order chi connectivity index (χ0) is 22.4. The fourth-order valence-corrected chi connectivity index (χ4v) is 3.45. The van der Waals surface area contributed by atoms with Crippen molar-refractivity contribution in [3.05, 3.63) is 77.0 Å². The lowest BCUT2D eigenvalue weighted by atomic mass is 9.97. The molecule has 0 spiro atoms. The molecule has 2 N–H and O–H groups in total. The van der Waals surface area contributed by atoms with Gasteiger partial charge < -0.3 is 15.4 Å². The number of ether oxygens (including phenoxy) is 1. The predicted octanol–water partition coefficient (Wildman–Crippen LogP) is 5.07. The van der Waals surface area contributed by atoms with Gasteiger partial charge >= 0.3 is 0 Å². The number of aldehydes is 1. The molecule has 0 unspecified atom stereocenters. The second kappa shape index (κ2) is 10.0. The van der Waals surface area contributed by atoms with Crippen molar-refractivity contribution in [1.29, 1.82) is 0 Å². The predicted molar refractivity (Wildman–Crippen MR) is 129 cm³/mol. The number of fused-ring (bicyclic) bond motifs is 1. The van der Waals surface area contributed by atoms with Crippen molar-refractivity contribution in [2.75, 3.05) is 27.3 Å². The smallest absolute Gasteiger partial charge is 0.150 e. The van der Waals surface area contributed by atoms with E-state index in [1.165, 1.54) is 0 Å². The average Bonchev–Trinajstić information content (AvgIpc) is 2.94. The first-order valence-electron chi connectivity index (χ1n) is 10.2. The molecule has 0 saturated carbocycles. The summed E-state index contributed by atoms with van der Waals surface area (Å²) in [5, 5.41) is 0. The summed E-state index contributed by atoms with van der Waals surface area (Å²) in [6.07, 6.45) is 7.39. The standard InChI is InChI=1S/C26H29N3O2/c1-5-19-13-22-8-6-21(16-25(22)28-26(27)14-19)20-7-9-23(17-30)24(15-20)12-18(2)29(3)10-11-31-4/h5-9,12-13,15-17H,1,10-11,14H2,2-4H3,(H2,27,28)/b18-12-. The highest BCUT2D eigenvalue weighted by molar-refractivity contribution is 5.92. The summed E-state index contributed by atoms with van der Waals surface area (Å²) in [7, 11) is 3.70. The van der Waals surface area contributed by atoms with Crippen LogP contribution < -0.4 is 5.73 Å². The van der Waals surface area contributed by atoms with Crippen LogP contribution in [0, 0.1) is 0 Å². The number of nitrogens with zero attached hydrogens (tertiary/aromatic N) is 2. The minimum atomic E-state index is 0.566. The summed E-state index contributed by atoms with van der Waals surface area (Å²) in [6.45, 7) is 7.30. The van der Waals surface area contributed by atoms with Gasteiger partial charge in [-0.2, -0.15) is 0 Å². The molecule has 31 heavy (non-hydrogen) atoms. The molecule has 1 aliphatic rings. The molecule has 5 nitrogen and oxygen atoms in total. The molecule has 0 fully saturated rings. The molecule has 0 saturated heterocycles. The summed E-state index contributed by atoms with van der Waals surface area (Å²) < 4.78 is 5.16. The fourth-order valence-electron chi connectivity index (χ4n) is 3.45. The van der Waals surface area contributed by atoms with Crippen LogP contribution >= 0.6 is 0 Å². The van der Waals surface area contributed by atoms with Crippen molar-refractivity contribution < 1.29 is 9.53 Å². The first-order chi connectivity index (χ1) is 14.9. The number of carbonyl (C=O) groups excluding carboxylic acids is 1. The van der Waals surface area contributed by atoms with Gasteiger partial charge in [-0.05, 0) is 53.5 Å². The van der Waals surface area contributed by atoms with Gasteiger partial charge in [-0.15, -0.1) is 0 Å². The van der Waals surface area contributed by atoms with Gasteiger partial charge in [0, 0.05) is 43.9 Å². The van der Waals surface area contributed by atoms with Crippen molar-refractivity contribution >= 4 is 30.0 Å². The number of carbonyl (C=O) groups is 1. The first-order valence-corrected chi connectivity index (χ1v) is 10.2. The summed E-state index contributed by atoms with van der Waals surface area (Å²) in [6, 6.07) is 12.0. The molecule has 1 aliphatic heterocycles. The van der Waals surface area contributed by atoms with Gasteiger partial charge in [-0.25, -0.2) is 4.99 Å². The molecule has 0 aliphatic carbocycles. The van der Waals surface area contributed by atoms with E-state index in [0.29, 0.717) is 24.4 Å². The van der Waals surface area contributed by atoms with Crippen LogP contribution in [0.15, 0.2) is 65.3 Å². The Balaban J connectivity index is 2.00. The fraction of sp³-hybridized carbons (Fsp3) is 0.231. The van der Waals surface area contributed by atoms with E-state index in [2.05, 4.69) is 28.6 Å². The van der Waals surface area contributed by atoms with Crippen molar-refractivity contribution in [2.24, 2.45) is 10.7 Å². The summed E-state index contributed by atoms with van der Waals surface area (Å²) in [4.78, 5) is 18.3. The van der Waals surface area contributed by atoms with E-state index in [0.717, 1.165) is 52.0 Å². The lowest BCUT2D eigenvalue weighted by Gasteiger charge is -2.19. The Kier molecular flexibility index (Phi) is 7.21. The third-order valence-electron chi connectivity index (χ3n) is 5.43. The first kappa shape index (κ1) is 22.2. The van der Waals surface area contributed by atoms with E-state index >= 15 is 0 Å². The zero-order valence-corrected chi connectivity index (χ0v) is 18.4. The molecule has 0 atom stereocenters. The van der Waals surface area contributed by atoms with E-state index in [-0.39, 0.29) is 0 Å². The van der Waals surface area contributed by atoms with Gasteiger partial charge in [0.1, 0.15) is 5.84 Å². The minimum absolute atomic E-state index is 0.566. The molecule has 0 amide bonds. The van der Waals surface area contributed by atoms with Crippen LogP contribution in [0.25, 0.3) is 23.3 Å². The number of aliphatic imine (C=N–C) groups is 1. The number of allylic oxidation sites excluding steroid dienone is 2. The van der Waals surface area contributed by atoms with Crippen LogP contribution in [0.5, 0.6) is 0 Å². The van der Waals surface area contributed by atoms with E-state index in [4.69, 9.17) is 10.5 Å². The second-order valence-corrected chi connectivity index (χ2v) is 7.64. The van der Waals surface area contributed by atoms with Crippen LogP contribution in [0.2, 0.25) is 0 Å². The molecule has 0 radical (unpaired) electrons. The number of amidine groups is 1. The summed E-state index contributed by atoms with van der Waals surface area (Å²) in [5.41, 5.74) is 13.6. The molecule has 0 bridgehead atoms. The van der Waals surface area contributed by atoms with Crippen LogP contribution in [-0.4, -0.2) is 44.3 Å². The van der Waals surface area contributed by atoms with Gasteiger partial charge in [0.05, 0.1) is 12.3 Å². The number of hydrogen-bond acceptors (Lipinski definition) is 5. The highest BCUT2D eigenvalue weighted by atomic mass is 16.5. The monoisotopic (exact) mass is 415 g/mol. The van der Waals surface area contributed by atoms with Gasteiger partial charge in [-0.3, -0.25) is 4.79 Å². The number of rotatable bonds is 8. The maximum absolute atomic E-state index is 11.6.